The van der Waals surface area contributed by atoms with E-state index in [-0.39, 0.29) is 11.3 Å². The van der Waals surface area contributed by atoms with E-state index in [0.717, 1.165) is 19.1 Å². The van der Waals surface area contributed by atoms with Crippen molar-refractivity contribution in [3.05, 3.63) is 47.5 Å². The fraction of sp³-hybridized carbons (Fsp3) is 0.471. The molecule has 18 heavy (non-hydrogen) atoms. The number of carbonyl (C=O) groups excluding carboxylic acids is 1. The van der Waals surface area contributed by atoms with Crippen molar-refractivity contribution in [1.82, 2.24) is 0 Å². The van der Waals surface area contributed by atoms with E-state index >= 15 is 0 Å². The summed E-state index contributed by atoms with van der Waals surface area (Å²) < 4.78 is 0. The van der Waals surface area contributed by atoms with E-state index < -0.39 is 0 Å². The van der Waals surface area contributed by atoms with Crippen LogP contribution in [0.3, 0.4) is 0 Å². The maximum atomic E-state index is 10.9. The van der Waals surface area contributed by atoms with Gasteiger partial charge in [0.2, 0.25) is 0 Å². The molecule has 0 aliphatic carbocycles. The van der Waals surface area contributed by atoms with E-state index in [1.165, 1.54) is 11.1 Å². The van der Waals surface area contributed by atoms with Gasteiger partial charge in [-0.1, -0.05) is 55.8 Å². The van der Waals surface area contributed by atoms with Crippen molar-refractivity contribution in [2.45, 2.75) is 46.0 Å². The topological polar surface area (TPSA) is 17.1 Å². The third kappa shape index (κ3) is 4.14. The summed E-state index contributed by atoms with van der Waals surface area (Å²) >= 11 is 0. The van der Waals surface area contributed by atoms with E-state index in [1.54, 1.807) is 0 Å². The molecule has 0 aromatic heterocycles. The minimum Gasteiger partial charge on any atom is -0.303 e. The Balaban J connectivity index is 3.00. The van der Waals surface area contributed by atoms with E-state index in [0.29, 0.717) is 0 Å². The molecule has 0 heterocycles. The summed E-state index contributed by atoms with van der Waals surface area (Å²) in [6.07, 6.45) is 5.20. The number of aldehydes is 1. The van der Waals surface area contributed by atoms with Gasteiger partial charge >= 0.3 is 0 Å². The molecule has 0 saturated carbocycles. The third-order valence-electron chi connectivity index (χ3n) is 3.44. The SMILES string of the molecule is CC(C)=CCC(C)(CC(C)C=O)c1ccccc1. The van der Waals surface area contributed by atoms with E-state index in [2.05, 4.69) is 51.1 Å². The highest BCUT2D eigenvalue weighted by Gasteiger charge is 2.27. The zero-order valence-corrected chi connectivity index (χ0v) is 11.9. The molecule has 0 spiro atoms. The first kappa shape index (κ1) is 14.7. The van der Waals surface area contributed by atoms with Crippen molar-refractivity contribution < 1.29 is 4.79 Å². The lowest BCUT2D eigenvalue weighted by molar-refractivity contribution is -0.111. The van der Waals surface area contributed by atoms with Gasteiger partial charge < -0.3 is 4.79 Å². The van der Waals surface area contributed by atoms with Crippen LogP contribution in [-0.4, -0.2) is 6.29 Å². The highest BCUT2D eigenvalue weighted by atomic mass is 16.1. The first-order valence-corrected chi connectivity index (χ1v) is 6.62. The summed E-state index contributed by atoms with van der Waals surface area (Å²) in [4.78, 5) is 10.9. The Kier molecular flexibility index (Phi) is 5.33. The lowest BCUT2D eigenvalue weighted by Gasteiger charge is -2.31. The van der Waals surface area contributed by atoms with Gasteiger partial charge in [0.05, 0.1) is 0 Å². The van der Waals surface area contributed by atoms with Crippen LogP contribution in [0, 0.1) is 5.92 Å². The second kappa shape index (κ2) is 6.53. The normalized spacial score (nSPS) is 15.6. The van der Waals surface area contributed by atoms with Crippen LogP contribution in [-0.2, 0) is 10.2 Å². The van der Waals surface area contributed by atoms with Crippen LogP contribution in [0.1, 0.15) is 46.1 Å². The Morgan fingerprint density at radius 1 is 1.28 bits per heavy atom. The maximum absolute atomic E-state index is 10.9. The maximum Gasteiger partial charge on any atom is 0.122 e. The van der Waals surface area contributed by atoms with Crippen LogP contribution in [0.25, 0.3) is 0 Å². The molecule has 2 unspecified atom stereocenters. The Labute approximate surface area is 111 Å². The zero-order chi connectivity index (χ0) is 13.6. The summed E-state index contributed by atoms with van der Waals surface area (Å²) in [7, 11) is 0. The van der Waals surface area contributed by atoms with Crippen molar-refractivity contribution in [2.75, 3.05) is 0 Å². The van der Waals surface area contributed by atoms with Gasteiger partial charge in [0.25, 0.3) is 0 Å². The minimum atomic E-state index is 0.0405. The number of hydrogen-bond acceptors (Lipinski definition) is 1. The van der Waals surface area contributed by atoms with Crippen LogP contribution in [0.4, 0.5) is 0 Å². The first-order chi connectivity index (χ1) is 8.48. The first-order valence-electron chi connectivity index (χ1n) is 6.62. The van der Waals surface area contributed by atoms with Crippen molar-refractivity contribution in [3.63, 3.8) is 0 Å². The van der Waals surface area contributed by atoms with Crippen molar-refractivity contribution in [2.24, 2.45) is 5.92 Å². The predicted molar refractivity (Wildman–Crippen MR) is 77.7 cm³/mol. The lowest BCUT2D eigenvalue weighted by Crippen LogP contribution is -2.24. The Bertz CT molecular complexity index is 401. The summed E-state index contributed by atoms with van der Waals surface area (Å²) in [5.74, 6) is 0.0979. The molecule has 1 aromatic carbocycles. The molecule has 0 bridgehead atoms. The molecule has 0 fully saturated rings. The van der Waals surface area contributed by atoms with Crippen LogP contribution in [0.15, 0.2) is 42.0 Å². The van der Waals surface area contributed by atoms with Gasteiger partial charge in [0, 0.05) is 5.92 Å². The monoisotopic (exact) mass is 244 g/mol. The molecule has 0 saturated heterocycles. The van der Waals surface area contributed by atoms with Crippen molar-refractivity contribution in [3.8, 4) is 0 Å². The highest BCUT2D eigenvalue weighted by molar-refractivity contribution is 5.53. The van der Waals surface area contributed by atoms with Crippen LogP contribution < -0.4 is 0 Å². The number of hydrogen-bond donors (Lipinski definition) is 0. The van der Waals surface area contributed by atoms with Gasteiger partial charge in [0.1, 0.15) is 6.29 Å². The highest BCUT2D eigenvalue weighted by Crippen LogP contribution is 2.34. The minimum absolute atomic E-state index is 0.0405. The fourth-order valence-corrected chi connectivity index (χ4v) is 2.35. The second-order valence-corrected chi connectivity index (χ2v) is 5.73. The third-order valence-corrected chi connectivity index (χ3v) is 3.44. The molecule has 0 radical (unpaired) electrons. The largest absolute Gasteiger partial charge is 0.303 e. The summed E-state index contributed by atoms with van der Waals surface area (Å²) in [6, 6.07) is 10.5. The standard InChI is InChI=1S/C17H24O/c1-14(2)10-11-17(4,12-15(3)13-18)16-8-6-5-7-9-16/h5-10,13,15H,11-12H2,1-4H3. The molecule has 0 aliphatic heterocycles. The summed E-state index contributed by atoms with van der Waals surface area (Å²) in [5.41, 5.74) is 2.69. The Morgan fingerprint density at radius 3 is 2.39 bits per heavy atom. The molecule has 1 nitrogen and oxygen atoms in total. The number of rotatable bonds is 6. The van der Waals surface area contributed by atoms with Gasteiger partial charge in [-0.25, -0.2) is 0 Å². The molecule has 2 atom stereocenters. The fourth-order valence-electron chi connectivity index (χ4n) is 2.35. The molecule has 0 aliphatic rings. The Hall–Kier alpha value is -1.37. The molecule has 0 amide bonds. The predicted octanol–water partition coefficient (Wildman–Crippen LogP) is 4.53. The van der Waals surface area contributed by atoms with Gasteiger partial charge in [-0.3, -0.25) is 0 Å². The molecule has 1 rings (SSSR count). The van der Waals surface area contributed by atoms with E-state index in [9.17, 15) is 4.79 Å². The molecule has 0 N–H and O–H groups in total. The van der Waals surface area contributed by atoms with Gasteiger partial charge in [0.15, 0.2) is 0 Å². The van der Waals surface area contributed by atoms with Crippen LogP contribution >= 0.6 is 0 Å². The number of carbonyl (C=O) groups is 1. The van der Waals surface area contributed by atoms with Gasteiger partial charge in [-0.15, -0.1) is 0 Å². The van der Waals surface area contributed by atoms with E-state index in [1.807, 2.05) is 13.0 Å². The smallest absolute Gasteiger partial charge is 0.122 e. The molecule has 1 heteroatoms. The summed E-state index contributed by atoms with van der Waals surface area (Å²) in [6.45, 7) is 8.49. The summed E-state index contributed by atoms with van der Waals surface area (Å²) in [5, 5.41) is 0. The van der Waals surface area contributed by atoms with Crippen molar-refractivity contribution >= 4 is 6.29 Å². The Morgan fingerprint density at radius 2 is 1.89 bits per heavy atom. The van der Waals surface area contributed by atoms with Crippen LogP contribution in [0.5, 0.6) is 0 Å². The van der Waals surface area contributed by atoms with E-state index in [4.69, 9.17) is 0 Å². The number of allylic oxidation sites excluding steroid dienone is 2. The number of benzene rings is 1. The quantitative estimate of drug-likeness (QED) is 0.531. The van der Waals surface area contributed by atoms with Crippen molar-refractivity contribution in [1.29, 1.82) is 0 Å². The van der Waals surface area contributed by atoms with Gasteiger partial charge in [-0.05, 0) is 37.7 Å². The molecular weight excluding hydrogens is 220 g/mol. The molecule has 1 aromatic rings. The molecule has 98 valence electrons. The average molecular weight is 244 g/mol. The van der Waals surface area contributed by atoms with Gasteiger partial charge in [-0.2, -0.15) is 0 Å². The average Bonchev–Trinajstić information content (AvgIpc) is 2.37. The molecular formula is C17H24O. The lowest BCUT2D eigenvalue weighted by atomic mass is 9.73. The second-order valence-electron chi connectivity index (χ2n) is 5.73. The van der Waals surface area contributed by atoms with Crippen LogP contribution in [0.2, 0.25) is 0 Å². The zero-order valence-electron chi connectivity index (χ0n) is 11.9.